The molecule has 1 atom stereocenters. The minimum Gasteiger partial charge on any atom is -0.444 e. The Morgan fingerprint density at radius 2 is 2.18 bits per heavy atom. The molecule has 88 valence electrons. The van der Waals surface area contributed by atoms with E-state index in [9.17, 15) is 0 Å². The van der Waals surface area contributed by atoms with E-state index < -0.39 is 0 Å². The van der Waals surface area contributed by atoms with Gasteiger partial charge in [-0.2, -0.15) is 0 Å². The van der Waals surface area contributed by atoms with Gasteiger partial charge in [-0.3, -0.25) is 0 Å². The van der Waals surface area contributed by atoms with Crippen LogP contribution in [0.5, 0.6) is 0 Å². The SMILES string of the molecule is c1ccc(Cc2cnc(C3CCCN3)o2)cc1. The van der Waals surface area contributed by atoms with Crippen molar-refractivity contribution in [2.24, 2.45) is 0 Å². The summed E-state index contributed by atoms with van der Waals surface area (Å²) in [5.74, 6) is 1.79. The zero-order valence-corrected chi connectivity index (χ0v) is 9.73. The smallest absolute Gasteiger partial charge is 0.211 e. The van der Waals surface area contributed by atoms with E-state index >= 15 is 0 Å². The highest BCUT2D eigenvalue weighted by Gasteiger charge is 2.20. The third-order valence-corrected chi connectivity index (χ3v) is 3.15. The molecule has 3 rings (SSSR count). The summed E-state index contributed by atoms with van der Waals surface area (Å²) in [6.45, 7) is 1.07. The highest BCUT2D eigenvalue weighted by molar-refractivity contribution is 5.19. The van der Waals surface area contributed by atoms with Crippen LogP contribution in [-0.2, 0) is 6.42 Å². The van der Waals surface area contributed by atoms with Crippen molar-refractivity contribution in [3.05, 3.63) is 53.7 Å². The van der Waals surface area contributed by atoms with Crippen molar-refractivity contribution in [2.75, 3.05) is 6.54 Å². The van der Waals surface area contributed by atoms with Gasteiger partial charge in [-0.15, -0.1) is 0 Å². The average molecular weight is 228 g/mol. The van der Waals surface area contributed by atoms with Crippen LogP contribution in [0.25, 0.3) is 0 Å². The van der Waals surface area contributed by atoms with Crippen LogP contribution in [0, 0.1) is 0 Å². The molecule has 0 radical (unpaired) electrons. The molecule has 2 heterocycles. The Kier molecular flexibility index (Phi) is 2.92. The second-order valence-electron chi connectivity index (χ2n) is 4.48. The Morgan fingerprint density at radius 3 is 2.94 bits per heavy atom. The molecule has 1 N–H and O–H groups in total. The zero-order valence-electron chi connectivity index (χ0n) is 9.73. The summed E-state index contributed by atoms with van der Waals surface area (Å²) >= 11 is 0. The van der Waals surface area contributed by atoms with E-state index in [1.165, 1.54) is 12.0 Å². The number of hydrogen-bond donors (Lipinski definition) is 1. The van der Waals surface area contributed by atoms with Crippen LogP contribution in [0.3, 0.4) is 0 Å². The predicted molar refractivity (Wildman–Crippen MR) is 65.7 cm³/mol. The maximum Gasteiger partial charge on any atom is 0.211 e. The molecule has 0 amide bonds. The number of rotatable bonds is 3. The summed E-state index contributed by atoms with van der Waals surface area (Å²) in [6.07, 6.45) is 5.01. The molecule has 2 aromatic rings. The van der Waals surface area contributed by atoms with Gasteiger partial charge in [0, 0.05) is 6.42 Å². The molecule has 0 bridgehead atoms. The molecular weight excluding hydrogens is 212 g/mol. The van der Waals surface area contributed by atoms with E-state index in [0.717, 1.165) is 31.0 Å². The molecule has 1 aromatic carbocycles. The van der Waals surface area contributed by atoms with Gasteiger partial charge in [-0.25, -0.2) is 4.98 Å². The monoisotopic (exact) mass is 228 g/mol. The lowest BCUT2D eigenvalue weighted by molar-refractivity contribution is 0.409. The van der Waals surface area contributed by atoms with Crippen LogP contribution < -0.4 is 5.32 Å². The lowest BCUT2D eigenvalue weighted by atomic mass is 10.1. The largest absolute Gasteiger partial charge is 0.444 e. The van der Waals surface area contributed by atoms with Crippen LogP contribution in [-0.4, -0.2) is 11.5 Å². The molecule has 1 saturated heterocycles. The highest BCUT2D eigenvalue weighted by atomic mass is 16.4. The minimum atomic E-state index is 0.319. The van der Waals surface area contributed by atoms with Crippen LogP contribution in [0.4, 0.5) is 0 Å². The fourth-order valence-corrected chi connectivity index (χ4v) is 2.26. The van der Waals surface area contributed by atoms with E-state index in [2.05, 4.69) is 22.4 Å². The molecular formula is C14H16N2O. The number of hydrogen-bond acceptors (Lipinski definition) is 3. The molecule has 1 aliphatic heterocycles. The first-order valence-electron chi connectivity index (χ1n) is 6.14. The van der Waals surface area contributed by atoms with Crippen LogP contribution in [0.2, 0.25) is 0 Å². The summed E-state index contributed by atoms with van der Waals surface area (Å²) < 4.78 is 5.80. The Morgan fingerprint density at radius 1 is 1.29 bits per heavy atom. The molecule has 1 aliphatic rings. The van der Waals surface area contributed by atoms with E-state index in [-0.39, 0.29) is 0 Å². The Labute approximate surface area is 101 Å². The lowest BCUT2D eigenvalue weighted by Crippen LogP contribution is -2.12. The second kappa shape index (κ2) is 4.72. The standard InChI is InChI=1S/C14H16N2O/c1-2-5-11(6-3-1)9-12-10-16-14(17-12)13-7-4-8-15-13/h1-3,5-6,10,13,15H,4,7-9H2. The summed E-state index contributed by atoms with van der Waals surface area (Å²) in [5.41, 5.74) is 1.26. The van der Waals surface area contributed by atoms with Crippen molar-refractivity contribution in [3.8, 4) is 0 Å². The summed E-state index contributed by atoms with van der Waals surface area (Å²) in [6, 6.07) is 10.7. The van der Waals surface area contributed by atoms with Crippen molar-refractivity contribution >= 4 is 0 Å². The van der Waals surface area contributed by atoms with Gasteiger partial charge >= 0.3 is 0 Å². The van der Waals surface area contributed by atoms with Crippen LogP contribution in [0.1, 0.15) is 36.1 Å². The van der Waals surface area contributed by atoms with E-state index in [1.54, 1.807) is 0 Å². The highest BCUT2D eigenvalue weighted by Crippen LogP contribution is 2.23. The molecule has 17 heavy (non-hydrogen) atoms. The Hall–Kier alpha value is -1.61. The zero-order chi connectivity index (χ0) is 11.5. The lowest BCUT2D eigenvalue weighted by Gasteiger charge is -2.03. The van der Waals surface area contributed by atoms with E-state index in [1.807, 2.05) is 24.4 Å². The van der Waals surface area contributed by atoms with Gasteiger partial charge in [-0.05, 0) is 24.9 Å². The van der Waals surface area contributed by atoms with Gasteiger partial charge in [0.2, 0.25) is 5.89 Å². The third kappa shape index (κ3) is 2.39. The van der Waals surface area contributed by atoms with Crippen molar-refractivity contribution in [1.82, 2.24) is 10.3 Å². The van der Waals surface area contributed by atoms with E-state index in [4.69, 9.17) is 4.42 Å². The van der Waals surface area contributed by atoms with Crippen molar-refractivity contribution in [3.63, 3.8) is 0 Å². The molecule has 3 nitrogen and oxygen atoms in total. The van der Waals surface area contributed by atoms with Gasteiger partial charge in [0.05, 0.1) is 12.2 Å². The van der Waals surface area contributed by atoms with Gasteiger partial charge in [0.1, 0.15) is 5.76 Å². The quantitative estimate of drug-likeness (QED) is 0.877. The minimum absolute atomic E-state index is 0.319. The van der Waals surface area contributed by atoms with Crippen LogP contribution in [0.15, 0.2) is 40.9 Å². The van der Waals surface area contributed by atoms with Gasteiger partial charge < -0.3 is 9.73 Å². The molecule has 0 saturated carbocycles. The number of oxazole rings is 1. The molecule has 0 spiro atoms. The average Bonchev–Trinajstić information content (AvgIpc) is 3.00. The number of nitrogens with zero attached hydrogens (tertiary/aromatic N) is 1. The molecule has 1 unspecified atom stereocenters. The van der Waals surface area contributed by atoms with Crippen molar-refractivity contribution in [1.29, 1.82) is 0 Å². The molecule has 1 aromatic heterocycles. The summed E-state index contributed by atoms with van der Waals surface area (Å²) in [5, 5.41) is 3.39. The predicted octanol–water partition coefficient (Wildman–Crippen LogP) is 2.69. The van der Waals surface area contributed by atoms with Gasteiger partial charge in [-0.1, -0.05) is 30.3 Å². The number of aromatic nitrogens is 1. The third-order valence-electron chi connectivity index (χ3n) is 3.15. The fraction of sp³-hybridized carbons (Fsp3) is 0.357. The maximum atomic E-state index is 5.80. The molecule has 1 fully saturated rings. The molecule has 0 aliphatic carbocycles. The van der Waals surface area contributed by atoms with Crippen LogP contribution >= 0.6 is 0 Å². The fourth-order valence-electron chi connectivity index (χ4n) is 2.26. The first-order valence-corrected chi connectivity index (χ1v) is 6.14. The van der Waals surface area contributed by atoms with Gasteiger partial charge in [0.15, 0.2) is 0 Å². The normalized spacial score (nSPS) is 19.6. The van der Waals surface area contributed by atoms with Gasteiger partial charge in [0.25, 0.3) is 0 Å². The van der Waals surface area contributed by atoms with E-state index in [0.29, 0.717) is 6.04 Å². The topological polar surface area (TPSA) is 38.1 Å². The maximum absolute atomic E-state index is 5.80. The molecule has 3 heteroatoms. The first kappa shape index (κ1) is 10.5. The summed E-state index contributed by atoms with van der Waals surface area (Å²) in [7, 11) is 0. The van der Waals surface area contributed by atoms with Crippen molar-refractivity contribution in [2.45, 2.75) is 25.3 Å². The first-order chi connectivity index (χ1) is 8.42. The Balaban J connectivity index is 1.72. The summed E-state index contributed by atoms with van der Waals surface area (Å²) in [4.78, 5) is 4.37. The number of nitrogens with one attached hydrogen (secondary N) is 1. The van der Waals surface area contributed by atoms with Crippen molar-refractivity contribution < 1.29 is 4.42 Å². The second-order valence-corrected chi connectivity index (χ2v) is 4.48. The Bertz CT molecular complexity index is 472. The number of benzene rings is 1.